The smallest absolute Gasteiger partial charge is 0.257 e. The van der Waals surface area contributed by atoms with Gasteiger partial charge in [-0.3, -0.25) is 14.4 Å². The second-order valence-electron chi connectivity index (χ2n) is 9.63. The third kappa shape index (κ3) is 5.31. The number of hydrogen-bond donors (Lipinski definition) is 2. The molecular formula is C27H31N3O6. The summed E-state index contributed by atoms with van der Waals surface area (Å²) in [6.45, 7) is 0.261. The summed E-state index contributed by atoms with van der Waals surface area (Å²) in [5.41, 5.74) is 1.68. The molecule has 9 nitrogen and oxygen atoms in total. The van der Waals surface area contributed by atoms with E-state index in [9.17, 15) is 14.4 Å². The van der Waals surface area contributed by atoms with Gasteiger partial charge in [0.15, 0.2) is 0 Å². The number of carbonyl (C=O) groups is 3. The minimum Gasteiger partial charge on any atom is -0.497 e. The third-order valence-corrected chi connectivity index (χ3v) is 6.99. The van der Waals surface area contributed by atoms with Gasteiger partial charge in [-0.2, -0.15) is 0 Å². The molecule has 3 amide bonds. The first-order valence-corrected chi connectivity index (χ1v) is 12.4. The number of rotatable bonds is 6. The SMILES string of the molecule is COc1cccc(NC(=O)C[C@H]2CC[C@H]3[C@@H](COc4ccc(NC(=O)C5CC5)cc4C(=O)N3C)O2)c1. The zero-order valence-electron chi connectivity index (χ0n) is 20.5. The molecule has 1 saturated heterocycles. The molecule has 2 aromatic rings. The summed E-state index contributed by atoms with van der Waals surface area (Å²) in [4.78, 5) is 39.8. The zero-order chi connectivity index (χ0) is 25.2. The molecular weight excluding hydrogens is 462 g/mol. The van der Waals surface area contributed by atoms with Crippen molar-refractivity contribution in [2.75, 3.05) is 31.4 Å². The highest BCUT2D eigenvalue weighted by molar-refractivity contribution is 6.00. The maximum Gasteiger partial charge on any atom is 0.257 e. The maximum absolute atomic E-state index is 13.3. The minimum absolute atomic E-state index is 0.00950. The quantitative estimate of drug-likeness (QED) is 0.639. The van der Waals surface area contributed by atoms with Crippen molar-refractivity contribution in [2.45, 2.75) is 50.4 Å². The van der Waals surface area contributed by atoms with Crippen molar-refractivity contribution in [1.29, 1.82) is 0 Å². The fraction of sp³-hybridized carbons (Fsp3) is 0.444. The lowest BCUT2D eigenvalue weighted by Crippen LogP contribution is -2.53. The van der Waals surface area contributed by atoms with Crippen LogP contribution in [0.4, 0.5) is 11.4 Å². The molecule has 0 bridgehead atoms. The monoisotopic (exact) mass is 493 g/mol. The molecule has 0 unspecified atom stereocenters. The summed E-state index contributed by atoms with van der Waals surface area (Å²) < 4.78 is 17.5. The summed E-state index contributed by atoms with van der Waals surface area (Å²) in [6.07, 6.45) is 2.74. The molecule has 0 aromatic heterocycles. The number of amides is 3. The van der Waals surface area contributed by atoms with Crippen molar-refractivity contribution < 1.29 is 28.6 Å². The first-order valence-electron chi connectivity index (χ1n) is 12.4. The fourth-order valence-corrected chi connectivity index (χ4v) is 4.81. The van der Waals surface area contributed by atoms with Gasteiger partial charge in [-0.05, 0) is 56.0 Å². The largest absolute Gasteiger partial charge is 0.497 e. The molecule has 3 atom stereocenters. The predicted octanol–water partition coefficient (Wildman–Crippen LogP) is 3.45. The fourth-order valence-electron chi connectivity index (χ4n) is 4.81. The van der Waals surface area contributed by atoms with E-state index >= 15 is 0 Å². The molecule has 0 radical (unpaired) electrons. The molecule has 2 heterocycles. The summed E-state index contributed by atoms with van der Waals surface area (Å²) in [7, 11) is 3.35. The first kappa shape index (κ1) is 24.1. The normalized spacial score (nSPS) is 23.3. The average Bonchev–Trinajstić information content (AvgIpc) is 3.72. The van der Waals surface area contributed by atoms with Crippen LogP contribution in [0.15, 0.2) is 42.5 Å². The summed E-state index contributed by atoms with van der Waals surface area (Å²) in [5.74, 6) is 0.865. The maximum atomic E-state index is 13.3. The molecule has 2 aromatic carbocycles. The van der Waals surface area contributed by atoms with Crippen LogP contribution in [-0.4, -0.2) is 61.6 Å². The van der Waals surface area contributed by atoms with E-state index in [4.69, 9.17) is 14.2 Å². The number of anilines is 2. The Kier molecular flexibility index (Phi) is 6.82. The number of methoxy groups -OCH3 is 1. The van der Waals surface area contributed by atoms with E-state index in [2.05, 4.69) is 10.6 Å². The van der Waals surface area contributed by atoms with Gasteiger partial charge in [-0.15, -0.1) is 0 Å². The molecule has 2 N–H and O–H groups in total. The minimum atomic E-state index is -0.357. The summed E-state index contributed by atoms with van der Waals surface area (Å²) in [5, 5.41) is 5.79. The van der Waals surface area contributed by atoms with Gasteiger partial charge in [-0.1, -0.05) is 6.07 Å². The Morgan fingerprint density at radius 1 is 1.06 bits per heavy atom. The first-order chi connectivity index (χ1) is 17.4. The van der Waals surface area contributed by atoms with Crippen LogP contribution in [0.2, 0.25) is 0 Å². The van der Waals surface area contributed by atoms with E-state index in [-0.39, 0.29) is 54.9 Å². The standard InChI is InChI=1S/C27H31N3O6/c1-30-22-10-9-20(14-25(31)28-17-4-3-5-19(12-17)34-2)36-24(22)15-35-23-11-8-18(13-21(23)27(30)33)29-26(32)16-6-7-16/h3-5,8,11-13,16,20,22,24H,6-7,9-10,14-15H2,1-2H3,(H,28,31)(H,29,32)/t20-,22+,24-/m1/s1. The van der Waals surface area contributed by atoms with Gasteiger partial charge >= 0.3 is 0 Å². The van der Waals surface area contributed by atoms with Crippen LogP contribution >= 0.6 is 0 Å². The average molecular weight is 494 g/mol. The number of ether oxygens (including phenoxy) is 3. The van der Waals surface area contributed by atoms with Gasteiger partial charge in [-0.25, -0.2) is 0 Å². The number of fused-ring (bicyclic) bond motifs is 2. The number of carbonyl (C=O) groups excluding carboxylic acids is 3. The lowest BCUT2D eigenvalue weighted by molar-refractivity contribution is -0.130. The van der Waals surface area contributed by atoms with Crippen LogP contribution in [0.5, 0.6) is 11.5 Å². The van der Waals surface area contributed by atoms with Crippen LogP contribution in [-0.2, 0) is 14.3 Å². The van der Waals surface area contributed by atoms with Crippen LogP contribution in [0.1, 0.15) is 42.5 Å². The van der Waals surface area contributed by atoms with Gasteiger partial charge in [0.05, 0.1) is 31.2 Å². The Labute approximate surface area is 210 Å². The zero-order valence-corrected chi connectivity index (χ0v) is 20.5. The highest BCUT2D eigenvalue weighted by Gasteiger charge is 2.39. The van der Waals surface area contributed by atoms with Gasteiger partial charge in [0.2, 0.25) is 11.8 Å². The van der Waals surface area contributed by atoms with Crippen LogP contribution in [0, 0.1) is 5.92 Å². The third-order valence-electron chi connectivity index (χ3n) is 6.99. The van der Waals surface area contributed by atoms with Gasteiger partial charge in [0.25, 0.3) is 5.91 Å². The Morgan fingerprint density at radius 2 is 1.86 bits per heavy atom. The van der Waals surface area contributed by atoms with E-state index < -0.39 is 0 Å². The predicted molar refractivity (Wildman–Crippen MR) is 133 cm³/mol. The number of hydrogen-bond acceptors (Lipinski definition) is 6. The van der Waals surface area contributed by atoms with Crippen molar-refractivity contribution in [3.63, 3.8) is 0 Å². The van der Waals surface area contributed by atoms with E-state index in [1.165, 1.54) is 0 Å². The van der Waals surface area contributed by atoms with Crippen LogP contribution < -0.4 is 20.1 Å². The van der Waals surface area contributed by atoms with Gasteiger partial charge in [0, 0.05) is 30.4 Å². The highest BCUT2D eigenvalue weighted by atomic mass is 16.5. The van der Waals surface area contributed by atoms with Gasteiger partial charge < -0.3 is 29.7 Å². The molecule has 2 fully saturated rings. The lowest BCUT2D eigenvalue weighted by Gasteiger charge is -2.42. The lowest BCUT2D eigenvalue weighted by atomic mass is 9.94. The van der Waals surface area contributed by atoms with E-state index in [0.29, 0.717) is 41.3 Å². The number of nitrogens with zero attached hydrogens (tertiary/aromatic N) is 1. The number of benzene rings is 2. The second-order valence-corrected chi connectivity index (χ2v) is 9.63. The van der Waals surface area contributed by atoms with Crippen molar-refractivity contribution in [2.24, 2.45) is 5.92 Å². The van der Waals surface area contributed by atoms with Crippen molar-refractivity contribution in [3.8, 4) is 11.5 Å². The summed E-state index contributed by atoms with van der Waals surface area (Å²) >= 11 is 0. The van der Waals surface area contributed by atoms with Crippen molar-refractivity contribution >= 4 is 29.1 Å². The van der Waals surface area contributed by atoms with E-state index in [1.807, 2.05) is 18.2 Å². The molecule has 1 aliphatic carbocycles. The second kappa shape index (κ2) is 10.2. The van der Waals surface area contributed by atoms with E-state index in [1.54, 1.807) is 43.3 Å². The molecule has 1 saturated carbocycles. The van der Waals surface area contributed by atoms with Crippen molar-refractivity contribution in [1.82, 2.24) is 4.90 Å². The van der Waals surface area contributed by atoms with Gasteiger partial charge in [0.1, 0.15) is 24.2 Å². The van der Waals surface area contributed by atoms with Crippen LogP contribution in [0.25, 0.3) is 0 Å². The van der Waals surface area contributed by atoms with Crippen molar-refractivity contribution in [3.05, 3.63) is 48.0 Å². The molecule has 36 heavy (non-hydrogen) atoms. The highest BCUT2D eigenvalue weighted by Crippen LogP contribution is 2.34. The Bertz CT molecular complexity index is 1160. The number of likely N-dealkylation sites (N-methyl/N-ethyl adjacent to an activating group) is 1. The van der Waals surface area contributed by atoms with E-state index in [0.717, 1.165) is 12.8 Å². The summed E-state index contributed by atoms with van der Waals surface area (Å²) in [6, 6.07) is 12.2. The molecule has 2 aliphatic heterocycles. The Hall–Kier alpha value is -3.59. The molecule has 3 aliphatic rings. The molecule has 9 heteroatoms. The van der Waals surface area contributed by atoms with Crippen LogP contribution in [0.3, 0.4) is 0 Å². The molecule has 190 valence electrons. The molecule has 0 spiro atoms. The number of nitrogens with one attached hydrogen (secondary N) is 2. The molecule has 5 rings (SSSR count). The Morgan fingerprint density at radius 3 is 2.64 bits per heavy atom. The topological polar surface area (TPSA) is 106 Å². The Balaban J connectivity index is 1.23.